The van der Waals surface area contributed by atoms with E-state index in [1.165, 1.54) is 11.3 Å². The molecule has 1 amide bonds. The number of hydrogen-bond donors (Lipinski definition) is 1. The van der Waals surface area contributed by atoms with Gasteiger partial charge >= 0.3 is 0 Å². The molecule has 3 heterocycles. The van der Waals surface area contributed by atoms with Gasteiger partial charge in [0.15, 0.2) is 4.80 Å². The number of fused-ring (bicyclic) bond motifs is 2. The number of benzene rings is 2. The molecule has 0 radical (unpaired) electrons. The van der Waals surface area contributed by atoms with Gasteiger partial charge in [-0.2, -0.15) is 0 Å². The quantitative estimate of drug-likeness (QED) is 0.699. The Morgan fingerprint density at radius 1 is 1.14 bits per heavy atom. The normalized spacial score (nSPS) is 16.8. The first kappa shape index (κ1) is 17.7. The van der Waals surface area contributed by atoms with Crippen molar-refractivity contribution in [2.75, 3.05) is 24.0 Å². The van der Waals surface area contributed by atoms with Crippen LogP contribution in [-0.2, 0) is 11.5 Å². The third kappa shape index (κ3) is 2.84. The molecule has 1 N–H and O–H groups in total. The van der Waals surface area contributed by atoms with Crippen molar-refractivity contribution in [3.05, 3.63) is 73.3 Å². The van der Waals surface area contributed by atoms with E-state index in [1.807, 2.05) is 54.3 Å². The summed E-state index contributed by atoms with van der Waals surface area (Å²) in [5.74, 6) is 0.532. The molecule has 0 unspecified atom stereocenters. The van der Waals surface area contributed by atoms with Crippen molar-refractivity contribution >= 4 is 34.2 Å². The predicted octanol–water partition coefficient (Wildman–Crippen LogP) is 1.43. The molecular weight excluding hydrogens is 388 g/mol. The van der Waals surface area contributed by atoms with Crippen molar-refractivity contribution in [2.24, 2.45) is 4.99 Å². The van der Waals surface area contributed by atoms with Crippen LogP contribution < -0.4 is 29.8 Å². The van der Waals surface area contributed by atoms with Crippen LogP contribution in [0, 0.1) is 6.92 Å². The molecule has 0 saturated heterocycles. The first-order chi connectivity index (χ1) is 14.0. The Morgan fingerprint density at radius 3 is 2.69 bits per heavy atom. The minimum atomic E-state index is -0.242. The lowest BCUT2D eigenvalue weighted by atomic mass is 10.1. The van der Waals surface area contributed by atoms with E-state index < -0.39 is 0 Å². The van der Waals surface area contributed by atoms with E-state index in [-0.39, 0.29) is 11.5 Å². The number of carbonyl (C=O) groups is 1. The summed E-state index contributed by atoms with van der Waals surface area (Å²) in [7, 11) is 1.63. The number of nitrogens with one attached hydrogen (secondary N) is 1. The molecule has 1 aromatic heterocycles. The largest absolute Gasteiger partial charge is 0.497 e. The minimum Gasteiger partial charge on any atom is -0.497 e. The van der Waals surface area contributed by atoms with E-state index in [0.29, 0.717) is 28.2 Å². The predicted molar refractivity (Wildman–Crippen MR) is 112 cm³/mol. The zero-order valence-electron chi connectivity index (χ0n) is 15.9. The highest BCUT2D eigenvalue weighted by atomic mass is 32.1. The fourth-order valence-corrected chi connectivity index (χ4v) is 4.68. The number of amides is 1. The maximum absolute atomic E-state index is 13.2. The Morgan fingerprint density at radius 2 is 1.93 bits per heavy atom. The number of methoxy groups -OCH3 is 1. The third-order valence-electron chi connectivity index (χ3n) is 5.14. The van der Waals surface area contributed by atoms with Crippen molar-refractivity contribution in [3.8, 4) is 5.75 Å². The summed E-state index contributed by atoms with van der Waals surface area (Å²) in [5, 5.41) is 2.86. The second-order valence-electron chi connectivity index (χ2n) is 7.00. The average Bonchev–Trinajstić information content (AvgIpc) is 3.23. The first-order valence-corrected chi connectivity index (χ1v) is 9.96. The van der Waals surface area contributed by atoms with E-state index >= 15 is 0 Å². The van der Waals surface area contributed by atoms with Gasteiger partial charge in [0.05, 0.1) is 12.7 Å². The number of thiazole rings is 1. The van der Waals surface area contributed by atoms with E-state index in [1.54, 1.807) is 11.7 Å². The summed E-state index contributed by atoms with van der Waals surface area (Å²) in [5.41, 5.74) is 3.75. The molecule has 0 bridgehead atoms. The van der Waals surface area contributed by atoms with Crippen LogP contribution >= 0.6 is 11.3 Å². The molecule has 0 saturated carbocycles. The number of ether oxygens (including phenoxy) is 1. The lowest BCUT2D eigenvalue weighted by molar-refractivity contribution is -0.110. The molecule has 29 heavy (non-hydrogen) atoms. The number of hydrogen-bond acceptors (Lipinski definition) is 6. The standard InChI is InChI=1S/C21H18N4O3S/c1-12-3-8-16-15(9-12)17(19(26)23-16)18-20(27)25-11-24(10-22-21(25)29-18)13-4-6-14(28-2)7-5-13/h3-9H,10-11H2,1-2H3,(H,23,26)/b18-17-. The van der Waals surface area contributed by atoms with Crippen molar-refractivity contribution in [2.45, 2.75) is 13.6 Å². The highest BCUT2D eigenvalue weighted by Gasteiger charge is 2.28. The smallest absolute Gasteiger partial charge is 0.272 e. The summed E-state index contributed by atoms with van der Waals surface area (Å²) in [6.45, 7) is 2.80. The molecule has 2 aromatic carbocycles. The van der Waals surface area contributed by atoms with Gasteiger partial charge in [0, 0.05) is 16.9 Å². The van der Waals surface area contributed by atoms with Crippen molar-refractivity contribution in [1.82, 2.24) is 4.57 Å². The van der Waals surface area contributed by atoms with E-state index in [2.05, 4.69) is 10.3 Å². The van der Waals surface area contributed by atoms with E-state index in [9.17, 15) is 9.59 Å². The van der Waals surface area contributed by atoms with Gasteiger partial charge in [0.2, 0.25) is 0 Å². The summed E-state index contributed by atoms with van der Waals surface area (Å²) in [4.78, 5) is 33.0. The monoisotopic (exact) mass is 406 g/mol. The molecule has 2 aliphatic heterocycles. The molecule has 0 fully saturated rings. The Labute approximate surface area is 170 Å². The number of carbonyl (C=O) groups excluding carboxylic acids is 1. The van der Waals surface area contributed by atoms with Crippen LogP contribution in [0.25, 0.3) is 5.57 Å². The fraction of sp³-hybridized carbons (Fsp3) is 0.190. The van der Waals surface area contributed by atoms with E-state index in [4.69, 9.17) is 4.74 Å². The van der Waals surface area contributed by atoms with Gasteiger partial charge in [-0.05, 0) is 43.3 Å². The molecule has 5 rings (SSSR count). The molecule has 7 nitrogen and oxygen atoms in total. The van der Waals surface area contributed by atoms with Crippen LogP contribution in [0.4, 0.5) is 11.4 Å². The topological polar surface area (TPSA) is 75.9 Å². The number of anilines is 2. The number of rotatable bonds is 2. The maximum atomic E-state index is 13.2. The lowest BCUT2D eigenvalue weighted by Crippen LogP contribution is -2.43. The Bertz CT molecular complexity index is 1320. The van der Waals surface area contributed by atoms with Crippen molar-refractivity contribution < 1.29 is 9.53 Å². The van der Waals surface area contributed by atoms with Gasteiger partial charge in [-0.1, -0.05) is 23.0 Å². The molecule has 0 aliphatic carbocycles. The molecule has 2 aliphatic rings. The fourth-order valence-electron chi connectivity index (χ4n) is 3.62. The summed E-state index contributed by atoms with van der Waals surface area (Å²) >= 11 is 1.27. The second-order valence-corrected chi connectivity index (χ2v) is 7.98. The van der Waals surface area contributed by atoms with Crippen LogP contribution in [-0.4, -0.2) is 24.3 Å². The maximum Gasteiger partial charge on any atom is 0.272 e. The second kappa shape index (κ2) is 6.59. The van der Waals surface area contributed by atoms with Gasteiger partial charge in [0.1, 0.15) is 23.6 Å². The van der Waals surface area contributed by atoms with Crippen LogP contribution in [0.2, 0.25) is 0 Å². The van der Waals surface area contributed by atoms with Crippen LogP contribution in [0.3, 0.4) is 0 Å². The molecular formula is C21H18N4O3S. The molecule has 0 atom stereocenters. The van der Waals surface area contributed by atoms with Crippen molar-refractivity contribution in [1.29, 1.82) is 0 Å². The highest BCUT2D eigenvalue weighted by Crippen LogP contribution is 2.30. The minimum absolute atomic E-state index is 0.188. The average molecular weight is 406 g/mol. The van der Waals surface area contributed by atoms with Crippen molar-refractivity contribution in [3.63, 3.8) is 0 Å². The molecule has 0 spiro atoms. The first-order valence-electron chi connectivity index (χ1n) is 9.15. The number of aryl methyl sites for hydroxylation is 1. The van der Waals surface area contributed by atoms with Gasteiger partial charge in [0.25, 0.3) is 11.5 Å². The van der Waals surface area contributed by atoms with Gasteiger partial charge in [-0.25, -0.2) is 4.99 Å². The Kier molecular flexibility index (Phi) is 4.02. The molecule has 3 aromatic rings. The van der Waals surface area contributed by atoms with Gasteiger partial charge < -0.3 is 15.0 Å². The zero-order valence-corrected chi connectivity index (χ0v) is 16.7. The van der Waals surface area contributed by atoms with Crippen LogP contribution in [0.5, 0.6) is 5.75 Å². The summed E-state index contributed by atoms with van der Waals surface area (Å²) < 4.78 is 7.26. The van der Waals surface area contributed by atoms with E-state index in [0.717, 1.165) is 28.3 Å². The Balaban J connectivity index is 1.61. The van der Waals surface area contributed by atoms with Crippen LogP contribution in [0.1, 0.15) is 11.1 Å². The lowest BCUT2D eigenvalue weighted by Gasteiger charge is -2.25. The third-order valence-corrected chi connectivity index (χ3v) is 6.25. The summed E-state index contributed by atoms with van der Waals surface area (Å²) in [6.07, 6.45) is 0. The molecule has 146 valence electrons. The summed E-state index contributed by atoms with van der Waals surface area (Å²) in [6, 6.07) is 13.4. The van der Waals surface area contributed by atoms with Crippen LogP contribution in [0.15, 0.2) is 52.3 Å². The van der Waals surface area contributed by atoms with Gasteiger partial charge in [-0.3, -0.25) is 14.2 Å². The van der Waals surface area contributed by atoms with Gasteiger partial charge in [-0.15, -0.1) is 0 Å². The number of nitrogens with zero attached hydrogens (tertiary/aromatic N) is 3. The molecule has 8 heteroatoms. The highest BCUT2D eigenvalue weighted by molar-refractivity contribution is 7.07. The zero-order chi connectivity index (χ0) is 20.1. The number of aromatic nitrogens is 1. The SMILES string of the molecule is COc1ccc(N2CN=c3s/c(=C4\C(=O)Nc5ccc(C)cc54)c(=O)n3C2)cc1. The Hall–Kier alpha value is -3.39.